The predicted molar refractivity (Wildman–Crippen MR) is 104 cm³/mol. The minimum Gasteiger partial charge on any atom is -0.370 e. The van der Waals surface area contributed by atoms with Crippen molar-refractivity contribution >= 4 is 23.1 Å². The number of rotatable bonds is 6. The van der Waals surface area contributed by atoms with Gasteiger partial charge in [0.1, 0.15) is 5.82 Å². The molecule has 2 aromatic heterocycles. The number of nitrogens with one attached hydrogen (secondary N) is 2. The average molecular weight is 367 g/mol. The van der Waals surface area contributed by atoms with E-state index in [4.69, 9.17) is 0 Å². The van der Waals surface area contributed by atoms with Gasteiger partial charge in [-0.25, -0.2) is 15.0 Å². The van der Waals surface area contributed by atoms with Gasteiger partial charge in [-0.1, -0.05) is 12.1 Å². The number of anilines is 1. The van der Waals surface area contributed by atoms with Crippen molar-refractivity contribution in [3.8, 4) is 11.4 Å². The number of benzene rings is 1. The summed E-state index contributed by atoms with van der Waals surface area (Å²) < 4.78 is 0. The zero-order chi connectivity index (χ0) is 18.5. The number of hydrogen-bond donors (Lipinski definition) is 2. The SMILES string of the molecule is CCNc1ccnc(-c2ccc(C(=O)NC(C)c3csc(C)n3)cc2)n1. The quantitative estimate of drug-likeness (QED) is 0.692. The summed E-state index contributed by atoms with van der Waals surface area (Å²) in [5.41, 5.74) is 2.34. The second-order valence-corrected chi connectivity index (χ2v) is 6.92. The molecule has 0 aliphatic rings. The molecule has 0 saturated heterocycles. The van der Waals surface area contributed by atoms with Gasteiger partial charge in [-0.05, 0) is 39.0 Å². The van der Waals surface area contributed by atoms with Crippen LogP contribution in [0.2, 0.25) is 0 Å². The summed E-state index contributed by atoms with van der Waals surface area (Å²) >= 11 is 1.58. The summed E-state index contributed by atoms with van der Waals surface area (Å²) in [6, 6.07) is 8.98. The first-order valence-corrected chi connectivity index (χ1v) is 9.35. The Morgan fingerprint density at radius 1 is 1.19 bits per heavy atom. The van der Waals surface area contributed by atoms with Crippen LogP contribution in [-0.2, 0) is 0 Å². The van der Waals surface area contributed by atoms with Crippen LogP contribution in [-0.4, -0.2) is 27.4 Å². The zero-order valence-electron chi connectivity index (χ0n) is 15.0. The fourth-order valence-electron chi connectivity index (χ4n) is 2.48. The highest BCUT2D eigenvalue weighted by Crippen LogP contribution is 2.19. The highest BCUT2D eigenvalue weighted by molar-refractivity contribution is 7.09. The Morgan fingerprint density at radius 2 is 1.96 bits per heavy atom. The van der Waals surface area contributed by atoms with E-state index in [0.717, 1.165) is 28.6 Å². The number of aryl methyl sites for hydroxylation is 1. The van der Waals surface area contributed by atoms with Crippen molar-refractivity contribution in [2.75, 3.05) is 11.9 Å². The maximum atomic E-state index is 12.4. The van der Waals surface area contributed by atoms with Crippen LogP contribution in [0.25, 0.3) is 11.4 Å². The van der Waals surface area contributed by atoms with Crippen molar-refractivity contribution < 1.29 is 4.79 Å². The van der Waals surface area contributed by atoms with E-state index >= 15 is 0 Å². The van der Waals surface area contributed by atoms with Crippen LogP contribution in [0.3, 0.4) is 0 Å². The van der Waals surface area contributed by atoms with Gasteiger partial charge in [0.15, 0.2) is 5.82 Å². The Kier molecular flexibility index (Phi) is 5.58. The summed E-state index contributed by atoms with van der Waals surface area (Å²) in [6.07, 6.45) is 1.72. The number of carbonyl (C=O) groups excluding carboxylic acids is 1. The van der Waals surface area contributed by atoms with Crippen molar-refractivity contribution in [1.82, 2.24) is 20.3 Å². The molecule has 0 aliphatic carbocycles. The molecule has 7 heteroatoms. The molecular formula is C19H21N5OS. The van der Waals surface area contributed by atoms with Gasteiger partial charge >= 0.3 is 0 Å². The molecule has 1 atom stereocenters. The van der Waals surface area contributed by atoms with Crippen LogP contribution in [0.4, 0.5) is 5.82 Å². The number of nitrogens with zero attached hydrogens (tertiary/aromatic N) is 3. The Morgan fingerprint density at radius 3 is 2.62 bits per heavy atom. The first-order valence-electron chi connectivity index (χ1n) is 8.47. The number of carbonyl (C=O) groups is 1. The Labute approximate surface area is 156 Å². The summed E-state index contributed by atoms with van der Waals surface area (Å²) in [5.74, 6) is 1.28. The Balaban J connectivity index is 1.70. The molecule has 3 rings (SSSR count). The second-order valence-electron chi connectivity index (χ2n) is 5.86. The maximum Gasteiger partial charge on any atom is 0.251 e. The molecule has 2 N–H and O–H groups in total. The predicted octanol–water partition coefficient (Wildman–Crippen LogP) is 3.83. The lowest BCUT2D eigenvalue weighted by Crippen LogP contribution is -2.26. The van der Waals surface area contributed by atoms with Gasteiger partial charge in [-0.15, -0.1) is 11.3 Å². The van der Waals surface area contributed by atoms with Crippen molar-refractivity contribution in [2.45, 2.75) is 26.8 Å². The minimum absolute atomic E-state index is 0.128. The van der Waals surface area contributed by atoms with E-state index in [1.54, 1.807) is 29.7 Å². The maximum absolute atomic E-state index is 12.4. The van der Waals surface area contributed by atoms with E-state index in [0.29, 0.717) is 11.4 Å². The van der Waals surface area contributed by atoms with Gasteiger partial charge in [0.05, 0.1) is 16.7 Å². The van der Waals surface area contributed by atoms with Crippen molar-refractivity contribution in [3.05, 3.63) is 58.2 Å². The van der Waals surface area contributed by atoms with E-state index in [9.17, 15) is 4.79 Å². The lowest BCUT2D eigenvalue weighted by atomic mass is 10.1. The minimum atomic E-state index is -0.132. The largest absolute Gasteiger partial charge is 0.370 e. The Hall–Kier alpha value is -2.80. The summed E-state index contributed by atoms with van der Waals surface area (Å²) in [4.78, 5) is 25.6. The van der Waals surface area contributed by atoms with Crippen LogP contribution >= 0.6 is 11.3 Å². The average Bonchev–Trinajstić information content (AvgIpc) is 3.09. The van der Waals surface area contributed by atoms with E-state index in [1.807, 2.05) is 44.4 Å². The van der Waals surface area contributed by atoms with Crippen LogP contribution in [0, 0.1) is 6.92 Å². The van der Waals surface area contributed by atoms with Gasteiger partial charge < -0.3 is 10.6 Å². The highest BCUT2D eigenvalue weighted by atomic mass is 32.1. The normalized spacial score (nSPS) is 11.8. The van der Waals surface area contributed by atoms with Gasteiger partial charge in [0.2, 0.25) is 0 Å². The molecule has 2 heterocycles. The number of amides is 1. The van der Waals surface area contributed by atoms with E-state index < -0.39 is 0 Å². The molecule has 0 radical (unpaired) electrons. The molecule has 0 saturated carbocycles. The van der Waals surface area contributed by atoms with Gasteiger partial charge in [0, 0.05) is 29.2 Å². The van der Waals surface area contributed by atoms with Crippen LogP contribution < -0.4 is 10.6 Å². The molecule has 1 aromatic carbocycles. The molecule has 26 heavy (non-hydrogen) atoms. The van der Waals surface area contributed by atoms with Crippen molar-refractivity contribution in [3.63, 3.8) is 0 Å². The molecule has 134 valence electrons. The molecule has 3 aromatic rings. The third-order valence-corrected chi connectivity index (χ3v) is 4.64. The first kappa shape index (κ1) is 18.0. The molecule has 6 nitrogen and oxygen atoms in total. The van der Waals surface area contributed by atoms with E-state index in [1.165, 1.54) is 0 Å². The van der Waals surface area contributed by atoms with Gasteiger partial charge in [0.25, 0.3) is 5.91 Å². The topological polar surface area (TPSA) is 79.8 Å². The first-order chi connectivity index (χ1) is 12.6. The van der Waals surface area contributed by atoms with Crippen LogP contribution in [0.15, 0.2) is 41.9 Å². The van der Waals surface area contributed by atoms with E-state index in [2.05, 4.69) is 25.6 Å². The molecule has 0 bridgehead atoms. The lowest BCUT2D eigenvalue weighted by Gasteiger charge is -2.12. The number of hydrogen-bond acceptors (Lipinski definition) is 6. The third kappa shape index (κ3) is 4.23. The van der Waals surface area contributed by atoms with Crippen molar-refractivity contribution in [2.24, 2.45) is 0 Å². The molecule has 0 spiro atoms. The van der Waals surface area contributed by atoms with Crippen LogP contribution in [0.1, 0.15) is 40.9 Å². The summed E-state index contributed by atoms with van der Waals surface area (Å²) in [6.45, 7) is 6.70. The monoisotopic (exact) mass is 367 g/mol. The zero-order valence-corrected chi connectivity index (χ0v) is 15.8. The fraction of sp³-hybridized carbons (Fsp3) is 0.263. The van der Waals surface area contributed by atoms with Gasteiger partial charge in [-0.3, -0.25) is 4.79 Å². The lowest BCUT2D eigenvalue weighted by molar-refractivity contribution is 0.0939. The van der Waals surface area contributed by atoms with Crippen molar-refractivity contribution in [1.29, 1.82) is 0 Å². The Bertz CT molecular complexity index is 891. The molecular weight excluding hydrogens is 346 g/mol. The molecule has 0 fully saturated rings. The standard InChI is InChI=1S/C19H21N5OS/c1-4-20-17-9-10-21-18(24-17)14-5-7-15(8-6-14)19(25)22-12(2)16-11-26-13(3)23-16/h5-12H,4H2,1-3H3,(H,22,25)(H,20,21,24). The number of thiazole rings is 1. The second kappa shape index (κ2) is 8.05. The van der Waals surface area contributed by atoms with E-state index in [-0.39, 0.29) is 11.9 Å². The molecule has 1 amide bonds. The molecule has 1 unspecified atom stereocenters. The molecule has 0 aliphatic heterocycles. The highest BCUT2D eigenvalue weighted by Gasteiger charge is 2.14. The summed E-state index contributed by atoms with van der Waals surface area (Å²) in [5, 5.41) is 9.10. The third-order valence-electron chi connectivity index (χ3n) is 3.85. The summed E-state index contributed by atoms with van der Waals surface area (Å²) in [7, 11) is 0. The fourth-order valence-corrected chi connectivity index (χ4v) is 3.19. The van der Waals surface area contributed by atoms with Gasteiger partial charge in [-0.2, -0.15) is 0 Å². The smallest absolute Gasteiger partial charge is 0.251 e. The number of aromatic nitrogens is 3. The van der Waals surface area contributed by atoms with Crippen LogP contribution in [0.5, 0.6) is 0 Å².